The zero-order valence-corrected chi connectivity index (χ0v) is 9.16. The number of rotatable bonds is 4. The normalized spacial score (nSPS) is 15.5. The van der Waals surface area contributed by atoms with Crippen LogP contribution in [0.5, 0.6) is 0 Å². The first-order chi connectivity index (χ1) is 7.81. The number of nitrogens with zero attached hydrogens (tertiary/aromatic N) is 1. The molecule has 0 radical (unpaired) electrons. The van der Waals surface area contributed by atoms with E-state index in [2.05, 4.69) is 15.3 Å². The predicted molar refractivity (Wildman–Crippen MR) is 66.3 cm³/mol. The minimum atomic E-state index is 0.765. The molecule has 16 heavy (non-hydrogen) atoms. The zero-order chi connectivity index (χ0) is 11.0. The van der Waals surface area contributed by atoms with Crippen molar-refractivity contribution in [2.24, 2.45) is 5.92 Å². The number of hydrogen-bond donors (Lipinski definition) is 3. The quantitative estimate of drug-likeness (QED) is 0.687. The molecule has 1 aliphatic rings. The van der Waals surface area contributed by atoms with Crippen LogP contribution in [0.25, 0.3) is 11.0 Å². The second kappa shape index (κ2) is 3.70. The van der Waals surface area contributed by atoms with Gasteiger partial charge in [-0.2, -0.15) is 0 Å². The summed E-state index contributed by atoms with van der Waals surface area (Å²) in [7, 11) is 0. The van der Waals surface area contributed by atoms with Gasteiger partial charge >= 0.3 is 0 Å². The van der Waals surface area contributed by atoms with E-state index in [1.807, 2.05) is 18.2 Å². The maximum absolute atomic E-state index is 5.71. The number of aromatic nitrogens is 2. The van der Waals surface area contributed by atoms with Crippen molar-refractivity contribution in [3.63, 3.8) is 0 Å². The van der Waals surface area contributed by atoms with Crippen molar-refractivity contribution in [2.45, 2.75) is 19.3 Å². The van der Waals surface area contributed by atoms with Gasteiger partial charge in [-0.15, -0.1) is 0 Å². The summed E-state index contributed by atoms with van der Waals surface area (Å²) in [5.41, 5.74) is 8.43. The van der Waals surface area contributed by atoms with Gasteiger partial charge < -0.3 is 16.0 Å². The minimum Gasteiger partial charge on any atom is -0.399 e. The molecule has 4 N–H and O–H groups in total. The van der Waals surface area contributed by atoms with Crippen molar-refractivity contribution in [1.29, 1.82) is 0 Å². The van der Waals surface area contributed by atoms with Crippen molar-refractivity contribution in [2.75, 3.05) is 17.6 Å². The first-order valence-electron chi connectivity index (χ1n) is 5.80. The Morgan fingerprint density at radius 1 is 1.44 bits per heavy atom. The number of H-pyrrole nitrogens is 1. The number of benzene rings is 1. The molecule has 1 aliphatic carbocycles. The largest absolute Gasteiger partial charge is 0.399 e. The molecule has 1 saturated carbocycles. The second-order valence-corrected chi connectivity index (χ2v) is 4.52. The topological polar surface area (TPSA) is 66.7 Å². The molecule has 1 aromatic heterocycles. The van der Waals surface area contributed by atoms with Crippen LogP contribution in [-0.2, 0) is 0 Å². The number of nitrogen functional groups attached to an aromatic ring is 1. The standard InChI is InChI=1S/C12H16N4/c13-9-3-4-10-11(7-9)16-12(15-10)14-6-5-8-1-2-8/h3-4,7-8H,1-2,5-6,13H2,(H2,14,15,16). The highest BCUT2D eigenvalue weighted by Gasteiger charge is 2.20. The number of aromatic amines is 1. The Morgan fingerprint density at radius 3 is 3.12 bits per heavy atom. The Kier molecular flexibility index (Phi) is 2.20. The summed E-state index contributed by atoms with van der Waals surface area (Å²) >= 11 is 0. The van der Waals surface area contributed by atoms with Crippen LogP contribution in [0.1, 0.15) is 19.3 Å². The van der Waals surface area contributed by atoms with E-state index < -0.39 is 0 Å². The van der Waals surface area contributed by atoms with Gasteiger partial charge in [-0.25, -0.2) is 4.98 Å². The number of imidazole rings is 1. The molecular weight excluding hydrogens is 200 g/mol. The van der Waals surface area contributed by atoms with Crippen LogP contribution >= 0.6 is 0 Å². The van der Waals surface area contributed by atoms with Gasteiger partial charge in [0.15, 0.2) is 0 Å². The van der Waals surface area contributed by atoms with Crippen LogP contribution in [0.15, 0.2) is 18.2 Å². The highest BCUT2D eigenvalue weighted by atomic mass is 15.1. The lowest BCUT2D eigenvalue weighted by molar-refractivity contribution is 0.757. The third-order valence-corrected chi connectivity index (χ3v) is 3.05. The average molecular weight is 216 g/mol. The molecule has 0 unspecified atom stereocenters. The van der Waals surface area contributed by atoms with Crippen LogP contribution in [0.3, 0.4) is 0 Å². The fourth-order valence-electron chi connectivity index (χ4n) is 1.91. The van der Waals surface area contributed by atoms with Crippen molar-refractivity contribution in [3.8, 4) is 0 Å². The molecule has 84 valence electrons. The first kappa shape index (κ1) is 9.51. The number of fused-ring (bicyclic) bond motifs is 1. The first-order valence-corrected chi connectivity index (χ1v) is 5.80. The second-order valence-electron chi connectivity index (χ2n) is 4.52. The molecule has 0 spiro atoms. The van der Waals surface area contributed by atoms with Gasteiger partial charge in [0.05, 0.1) is 11.0 Å². The van der Waals surface area contributed by atoms with Crippen LogP contribution in [0, 0.1) is 5.92 Å². The minimum absolute atomic E-state index is 0.765. The summed E-state index contributed by atoms with van der Waals surface area (Å²) in [5.74, 6) is 1.80. The monoisotopic (exact) mass is 216 g/mol. The molecule has 4 nitrogen and oxygen atoms in total. The van der Waals surface area contributed by atoms with E-state index in [1.54, 1.807) is 0 Å². The summed E-state index contributed by atoms with van der Waals surface area (Å²) < 4.78 is 0. The molecule has 3 rings (SSSR count). The van der Waals surface area contributed by atoms with E-state index in [-0.39, 0.29) is 0 Å². The molecule has 0 amide bonds. The Morgan fingerprint density at radius 2 is 2.31 bits per heavy atom. The molecule has 1 fully saturated rings. The number of hydrogen-bond acceptors (Lipinski definition) is 3. The SMILES string of the molecule is Nc1ccc2nc(NCCC3CC3)[nH]c2c1. The fraction of sp³-hybridized carbons (Fsp3) is 0.417. The van der Waals surface area contributed by atoms with Crippen molar-refractivity contribution in [1.82, 2.24) is 9.97 Å². The van der Waals surface area contributed by atoms with Gasteiger partial charge in [-0.1, -0.05) is 12.8 Å². The Labute approximate surface area is 94.3 Å². The molecule has 0 saturated heterocycles. The molecule has 1 aromatic carbocycles. The predicted octanol–water partition coefficient (Wildman–Crippen LogP) is 2.36. The van der Waals surface area contributed by atoms with E-state index in [9.17, 15) is 0 Å². The summed E-state index contributed by atoms with van der Waals surface area (Å²) in [6, 6.07) is 5.72. The lowest BCUT2D eigenvalue weighted by Crippen LogP contribution is -2.03. The Bertz CT molecular complexity index is 499. The van der Waals surface area contributed by atoms with Gasteiger partial charge in [0.1, 0.15) is 0 Å². The average Bonchev–Trinajstić information content (AvgIpc) is 2.98. The summed E-state index contributed by atoms with van der Waals surface area (Å²) in [6.45, 7) is 1.000. The maximum Gasteiger partial charge on any atom is 0.201 e. The van der Waals surface area contributed by atoms with Crippen molar-refractivity contribution >= 4 is 22.7 Å². The number of anilines is 2. The summed E-state index contributed by atoms with van der Waals surface area (Å²) in [5, 5.41) is 3.32. The Balaban J connectivity index is 1.71. The van der Waals surface area contributed by atoms with E-state index in [1.165, 1.54) is 19.3 Å². The van der Waals surface area contributed by atoms with Crippen LogP contribution < -0.4 is 11.1 Å². The lowest BCUT2D eigenvalue weighted by atomic mass is 10.3. The molecule has 2 aromatic rings. The molecular formula is C12H16N4. The highest BCUT2D eigenvalue weighted by Crippen LogP contribution is 2.32. The molecule has 0 atom stereocenters. The van der Waals surface area contributed by atoms with E-state index >= 15 is 0 Å². The number of nitrogens with one attached hydrogen (secondary N) is 2. The van der Waals surface area contributed by atoms with Crippen LogP contribution in [0.2, 0.25) is 0 Å². The van der Waals surface area contributed by atoms with Gasteiger partial charge in [0, 0.05) is 12.2 Å². The highest BCUT2D eigenvalue weighted by molar-refractivity contribution is 5.80. The van der Waals surface area contributed by atoms with Gasteiger partial charge in [-0.3, -0.25) is 0 Å². The summed E-state index contributed by atoms with van der Waals surface area (Å²) in [4.78, 5) is 7.68. The van der Waals surface area contributed by atoms with Crippen molar-refractivity contribution in [3.05, 3.63) is 18.2 Å². The lowest BCUT2D eigenvalue weighted by Gasteiger charge is -1.99. The summed E-state index contributed by atoms with van der Waals surface area (Å²) in [6.07, 6.45) is 4.05. The van der Waals surface area contributed by atoms with Gasteiger partial charge in [0.2, 0.25) is 5.95 Å². The van der Waals surface area contributed by atoms with E-state index in [0.29, 0.717) is 0 Å². The maximum atomic E-state index is 5.71. The zero-order valence-electron chi connectivity index (χ0n) is 9.16. The molecule has 1 heterocycles. The van der Waals surface area contributed by atoms with Crippen LogP contribution in [0.4, 0.5) is 11.6 Å². The molecule has 4 heteroatoms. The van der Waals surface area contributed by atoms with Gasteiger partial charge in [-0.05, 0) is 30.5 Å². The van der Waals surface area contributed by atoms with Gasteiger partial charge in [0.25, 0.3) is 0 Å². The molecule has 0 aliphatic heterocycles. The smallest absolute Gasteiger partial charge is 0.201 e. The van der Waals surface area contributed by atoms with E-state index in [4.69, 9.17) is 5.73 Å². The Hall–Kier alpha value is -1.71. The fourth-order valence-corrected chi connectivity index (χ4v) is 1.91. The molecule has 0 bridgehead atoms. The van der Waals surface area contributed by atoms with Crippen molar-refractivity contribution < 1.29 is 0 Å². The van der Waals surface area contributed by atoms with Crippen LogP contribution in [-0.4, -0.2) is 16.5 Å². The number of nitrogens with two attached hydrogens (primary N) is 1. The third-order valence-electron chi connectivity index (χ3n) is 3.05. The third kappa shape index (κ3) is 1.96. The van der Waals surface area contributed by atoms with E-state index in [0.717, 1.165) is 35.1 Å².